The summed E-state index contributed by atoms with van der Waals surface area (Å²) in [4.78, 5) is 2.51. The molecule has 256 valence electrons. The molecule has 0 fully saturated rings. The highest BCUT2D eigenvalue weighted by atomic mass is 32.2. The molecule has 3 aliphatic rings. The summed E-state index contributed by atoms with van der Waals surface area (Å²) in [5, 5.41) is 1.17. The zero-order valence-corrected chi connectivity index (χ0v) is 30.6. The molecule has 1 atom stereocenters. The minimum Gasteiger partial charge on any atom is -0.456 e. The van der Waals surface area contributed by atoms with Crippen molar-refractivity contribution in [3.63, 3.8) is 0 Å². The molecule has 12 rings (SSSR count). The van der Waals surface area contributed by atoms with Gasteiger partial charge in [-0.15, -0.1) is 0 Å². The predicted molar refractivity (Wildman–Crippen MR) is 227 cm³/mol. The number of fused-ring (bicyclic) bond motifs is 14. The van der Waals surface area contributed by atoms with Crippen LogP contribution < -0.4 is 0 Å². The van der Waals surface area contributed by atoms with Gasteiger partial charge in [0.2, 0.25) is 0 Å². The molecule has 1 aromatic heterocycles. The second-order valence-corrected chi connectivity index (χ2v) is 15.8. The Bertz CT molecular complexity index is 3060. The third kappa shape index (κ3) is 4.32. The van der Waals surface area contributed by atoms with Crippen LogP contribution in [0.5, 0.6) is 0 Å². The Morgan fingerprint density at radius 1 is 0.418 bits per heavy atom. The van der Waals surface area contributed by atoms with Crippen molar-refractivity contribution < 1.29 is 4.42 Å². The molecular formula is C53H32OS. The van der Waals surface area contributed by atoms with Gasteiger partial charge in [0.05, 0.1) is 5.41 Å². The fraction of sp³-hybridized carbons (Fsp3) is 0.0189. The summed E-state index contributed by atoms with van der Waals surface area (Å²) in [5.41, 5.74) is 19.2. The van der Waals surface area contributed by atoms with Crippen molar-refractivity contribution >= 4 is 34.4 Å². The zero-order chi connectivity index (χ0) is 36.1. The van der Waals surface area contributed by atoms with Gasteiger partial charge in [0.15, 0.2) is 0 Å². The number of para-hydroxylation sites is 1. The number of benzene rings is 8. The first-order valence-electron chi connectivity index (χ1n) is 18.9. The lowest BCUT2D eigenvalue weighted by molar-refractivity contribution is 0.628. The normalized spacial score (nSPS) is 15.7. The van der Waals surface area contributed by atoms with E-state index >= 15 is 0 Å². The lowest BCUT2D eigenvalue weighted by Gasteiger charge is -2.30. The van der Waals surface area contributed by atoms with Gasteiger partial charge in [0.25, 0.3) is 0 Å². The first kappa shape index (κ1) is 30.8. The maximum atomic E-state index is 6.78. The molecule has 1 nitrogen and oxygen atoms in total. The first-order chi connectivity index (χ1) is 27.3. The van der Waals surface area contributed by atoms with Gasteiger partial charge in [-0.1, -0.05) is 182 Å². The van der Waals surface area contributed by atoms with Gasteiger partial charge in [-0.3, -0.25) is 0 Å². The SMILES string of the molecule is C1=C(c2cccc3c2-c2ccccc2C32c3ccccc3-c3oc4ccccc4c32)c2ccc(-c3ccccc3)cc2Sc2cc(-c3ccccc3)ccc21. The Morgan fingerprint density at radius 3 is 1.80 bits per heavy atom. The number of hydrogen-bond donors (Lipinski definition) is 0. The third-order valence-corrected chi connectivity index (χ3v) is 13.1. The van der Waals surface area contributed by atoms with Gasteiger partial charge in [0.1, 0.15) is 11.3 Å². The highest BCUT2D eigenvalue weighted by Gasteiger charge is 2.54. The van der Waals surface area contributed by atoms with E-state index in [-0.39, 0.29) is 0 Å². The quantitative estimate of drug-likeness (QED) is 0.181. The largest absolute Gasteiger partial charge is 0.456 e. The van der Waals surface area contributed by atoms with Crippen LogP contribution in [0.25, 0.3) is 67.3 Å². The van der Waals surface area contributed by atoms with E-state index in [1.54, 1.807) is 0 Å². The summed E-state index contributed by atoms with van der Waals surface area (Å²) in [6.45, 7) is 0. The van der Waals surface area contributed by atoms with Gasteiger partial charge in [-0.05, 0) is 96.6 Å². The average molecular weight is 717 g/mol. The maximum Gasteiger partial charge on any atom is 0.140 e. The summed E-state index contributed by atoms with van der Waals surface area (Å²) >= 11 is 1.88. The molecule has 9 aromatic rings. The molecule has 1 unspecified atom stereocenters. The van der Waals surface area contributed by atoms with Crippen LogP contribution in [0.4, 0.5) is 0 Å². The topological polar surface area (TPSA) is 13.1 Å². The molecule has 1 spiro atoms. The Morgan fingerprint density at radius 2 is 1.02 bits per heavy atom. The summed E-state index contributed by atoms with van der Waals surface area (Å²) in [7, 11) is 0. The Labute approximate surface area is 324 Å². The van der Waals surface area contributed by atoms with Crippen molar-refractivity contribution in [2.24, 2.45) is 0 Å². The molecule has 2 aliphatic carbocycles. The molecule has 2 heterocycles. The molecule has 2 heteroatoms. The van der Waals surface area contributed by atoms with Crippen molar-refractivity contribution in [1.29, 1.82) is 0 Å². The third-order valence-electron chi connectivity index (χ3n) is 11.9. The van der Waals surface area contributed by atoms with Crippen LogP contribution in [0, 0.1) is 0 Å². The molecule has 0 saturated carbocycles. The monoisotopic (exact) mass is 716 g/mol. The van der Waals surface area contributed by atoms with E-state index in [9.17, 15) is 0 Å². The lowest BCUT2D eigenvalue weighted by Crippen LogP contribution is -2.25. The van der Waals surface area contributed by atoms with Crippen molar-refractivity contribution in [3.8, 4) is 44.7 Å². The van der Waals surface area contributed by atoms with E-state index in [4.69, 9.17) is 4.42 Å². The molecule has 0 bridgehead atoms. The summed E-state index contributed by atoms with van der Waals surface area (Å²) in [6.07, 6.45) is 2.44. The van der Waals surface area contributed by atoms with E-state index in [1.807, 2.05) is 11.8 Å². The van der Waals surface area contributed by atoms with Crippen LogP contribution >= 0.6 is 11.8 Å². The number of furan rings is 1. The van der Waals surface area contributed by atoms with Gasteiger partial charge < -0.3 is 4.42 Å². The Hall–Kier alpha value is -6.61. The Balaban J connectivity index is 1.15. The molecule has 1 aliphatic heterocycles. The second-order valence-electron chi connectivity index (χ2n) is 14.7. The number of hydrogen-bond acceptors (Lipinski definition) is 2. The predicted octanol–water partition coefficient (Wildman–Crippen LogP) is 14.2. The van der Waals surface area contributed by atoms with E-state index < -0.39 is 5.41 Å². The minimum absolute atomic E-state index is 0.511. The molecule has 55 heavy (non-hydrogen) atoms. The zero-order valence-electron chi connectivity index (χ0n) is 29.8. The fourth-order valence-electron chi connectivity index (χ4n) is 9.63. The van der Waals surface area contributed by atoms with Crippen LogP contribution in [-0.2, 0) is 5.41 Å². The van der Waals surface area contributed by atoms with Gasteiger partial charge in [-0.2, -0.15) is 0 Å². The number of rotatable bonds is 3. The molecule has 0 N–H and O–H groups in total. The first-order valence-corrected chi connectivity index (χ1v) is 19.7. The van der Waals surface area contributed by atoms with Gasteiger partial charge in [-0.25, -0.2) is 0 Å². The highest BCUT2D eigenvalue weighted by molar-refractivity contribution is 7.99. The van der Waals surface area contributed by atoms with Crippen LogP contribution in [-0.4, -0.2) is 0 Å². The van der Waals surface area contributed by atoms with Crippen LogP contribution in [0.1, 0.15) is 38.9 Å². The minimum atomic E-state index is -0.511. The molecule has 0 saturated heterocycles. The lowest BCUT2D eigenvalue weighted by atomic mass is 9.70. The fourth-order valence-corrected chi connectivity index (χ4v) is 10.8. The molecule has 0 amide bonds. The maximum absolute atomic E-state index is 6.78. The summed E-state index contributed by atoms with van der Waals surface area (Å²) < 4.78 is 6.78. The Kier molecular flexibility index (Phi) is 6.55. The van der Waals surface area contributed by atoms with Crippen LogP contribution in [0.15, 0.2) is 202 Å². The van der Waals surface area contributed by atoms with Crippen molar-refractivity contribution in [2.75, 3.05) is 0 Å². The summed E-state index contributed by atoms with van der Waals surface area (Å²) in [5.74, 6) is 0.983. The van der Waals surface area contributed by atoms with Crippen molar-refractivity contribution in [3.05, 3.63) is 227 Å². The molecule has 0 radical (unpaired) electrons. The van der Waals surface area contributed by atoms with Crippen molar-refractivity contribution in [2.45, 2.75) is 15.2 Å². The van der Waals surface area contributed by atoms with Crippen molar-refractivity contribution in [1.82, 2.24) is 0 Å². The average Bonchev–Trinajstić information content (AvgIpc) is 3.83. The van der Waals surface area contributed by atoms with Crippen LogP contribution in [0.2, 0.25) is 0 Å². The smallest absolute Gasteiger partial charge is 0.140 e. The highest BCUT2D eigenvalue weighted by Crippen LogP contribution is 2.66. The van der Waals surface area contributed by atoms with E-state index in [2.05, 4.69) is 194 Å². The summed E-state index contributed by atoms with van der Waals surface area (Å²) in [6, 6.07) is 69.0. The molecular weight excluding hydrogens is 685 g/mol. The van der Waals surface area contributed by atoms with E-state index in [0.717, 1.165) is 11.3 Å². The van der Waals surface area contributed by atoms with E-state index in [1.165, 1.54) is 98.6 Å². The second kappa shape index (κ2) is 11.7. The van der Waals surface area contributed by atoms with Crippen LogP contribution in [0.3, 0.4) is 0 Å². The standard InChI is InChI=1S/C53H32OS/c1-3-14-33(15-4-1)35-26-27-37-30-43(38-29-28-36(34-16-5-2-6-17-34)32-49(38)55-48(37)31-35)39-21-13-24-46-50(39)40-18-7-10-22-44(40)53(46)45-23-11-8-19-41(45)52-51(53)42-20-9-12-25-47(42)54-52/h1-32H. The molecule has 8 aromatic carbocycles. The van der Waals surface area contributed by atoms with Gasteiger partial charge >= 0.3 is 0 Å². The van der Waals surface area contributed by atoms with E-state index in [0.29, 0.717) is 0 Å². The van der Waals surface area contributed by atoms with Gasteiger partial charge in [0, 0.05) is 26.3 Å².